The first kappa shape index (κ1) is 47.0. The van der Waals surface area contributed by atoms with Crippen molar-refractivity contribution in [2.45, 2.75) is 0 Å². The molecule has 0 bridgehead atoms. The van der Waals surface area contributed by atoms with Crippen LogP contribution in [-0.2, 0) is 14.1 Å². The first-order chi connectivity index (χ1) is 32.1. The molecule has 2 aromatic heterocycles. The van der Waals surface area contributed by atoms with E-state index in [1.165, 1.54) is 27.3 Å². The molecule has 8 aromatic rings. The lowest BCUT2D eigenvalue weighted by Gasteiger charge is -2.17. The molecule has 0 radical (unpaired) electrons. The van der Waals surface area contributed by atoms with Gasteiger partial charge in [-0.1, -0.05) is 60.7 Å². The normalized spacial score (nSPS) is 13.1. The number of oxazole rings is 2. The predicted molar refractivity (Wildman–Crippen MR) is 240 cm³/mol. The Morgan fingerprint density at radius 2 is 1.11 bits per heavy atom. The zero-order chi connectivity index (χ0) is 47.0. The molecule has 0 saturated carbocycles. The van der Waals surface area contributed by atoms with Gasteiger partial charge in [0, 0.05) is 55.1 Å². The van der Waals surface area contributed by atoms with Crippen LogP contribution in [0.5, 0.6) is 23.0 Å². The lowest BCUT2D eigenvalue weighted by atomic mass is 10.3. The number of alkyl halides is 2. The molecule has 0 spiro atoms. The number of azo groups is 1. The lowest BCUT2D eigenvalue weighted by Crippen LogP contribution is -2.24. The third-order valence-electron chi connectivity index (χ3n) is 9.43. The molecular weight excluding hydrogens is 869 g/mol. The van der Waals surface area contributed by atoms with Crippen molar-refractivity contribution in [1.82, 2.24) is 14.6 Å². The Morgan fingerprint density at radius 3 is 1.73 bits per heavy atom. The third kappa shape index (κ3) is 11.5. The van der Waals surface area contributed by atoms with Crippen LogP contribution in [0.3, 0.4) is 0 Å². The predicted octanol–water partition coefficient (Wildman–Crippen LogP) is 10.2. The topological polar surface area (TPSA) is 162 Å². The van der Waals surface area contributed by atoms with Crippen LogP contribution in [0.15, 0.2) is 186 Å². The standard InChI is InChI=1S/C16H13FN2O3.C8H6FNO3.C8H7NO2.C7H9FN2.C7H7FN2/c1-18-11-5-3-4-6-13(11)20-15(18)16-19(2)12-8-7-10(22-17)9-14(12)21-16;1-10-6-3-2-5(13-9)4-7(6)12-8(10)11;1-9-6-4-2-3-5-7(6)11-8(9)10;2*8-6-9-10-7-4-2-1-3-5-7/h3-9H,1-2H3;2-4H,1H3;2-5H,1H3;1-5,9-10H,6H2;1-5H,6H2/b16-15-;;;;. The largest absolute Gasteiger partial charge is 0.434 e. The number of benzene rings is 6. The summed E-state index contributed by atoms with van der Waals surface area (Å²) in [6.45, 7) is -1.33. The zero-order valence-electron chi connectivity index (χ0n) is 35.7. The number of aromatic nitrogens is 2. The number of nitrogens with zero attached hydrogens (tertiary/aromatic N) is 6. The van der Waals surface area contributed by atoms with E-state index >= 15 is 0 Å². The quantitative estimate of drug-likeness (QED) is 0.0675. The van der Waals surface area contributed by atoms with Crippen molar-refractivity contribution >= 4 is 44.9 Å². The van der Waals surface area contributed by atoms with Crippen molar-refractivity contribution in [2.24, 2.45) is 24.3 Å². The summed E-state index contributed by atoms with van der Waals surface area (Å²) in [7, 11) is 7.03. The van der Waals surface area contributed by atoms with Gasteiger partial charge in [-0.15, -0.1) is 0 Å². The first-order valence-electron chi connectivity index (χ1n) is 19.7. The minimum absolute atomic E-state index is 0.0156. The monoisotopic (exact) mass is 910 g/mol. The van der Waals surface area contributed by atoms with Crippen LogP contribution in [0.1, 0.15) is 0 Å². The Kier molecular flexibility index (Phi) is 16.2. The van der Waals surface area contributed by atoms with Crippen molar-refractivity contribution in [3.05, 3.63) is 178 Å². The number of nitrogens with one attached hydrogen (secondary N) is 2. The summed E-state index contributed by atoms with van der Waals surface area (Å²) in [6.07, 6.45) is 0. The lowest BCUT2D eigenvalue weighted by molar-refractivity contribution is -0.00634. The van der Waals surface area contributed by atoms with E-state index in [0.717, 1.165) is 28.3 Å². The second-order valence-electron chi connectivity index (χ2n) is 13.6. The van der Waals surface area contributed by atoms with E-state index in [2.05, 4.69) is 31.0 Å². The molecule has 0 atom stereocenters. The average Bonchev–Trinajstić information content (AvgIpc) is 4.06. The van der Waals surface area contributed by atoms with E-state index in [-0.39, 0.29) is 17.3 Å². The van der Waals surface area contributed by atoms with Gasteiger partial charge >= 0.3 is 11.5 Å². The van der Waals surface area contributed by atoms with Gasteiger partial charge in [0.2, 0.25) is 0 Å². The molecular formula is C46H42F4N8O8. The second-order valence-corrected chi connectivity index (χ2v) is 13.6. The minimum atomic E-state index is -0.755. The molecule has 10 rings (SSSR count). The van der Waals surface area contributed by atoms with Crippen LogP contribution >= 0.6 is 0 Å². The zero-order valence-corrected chi connectivity index (χ0v) is 35.7. The van der Waals surface area contributed by atoms with E-state index in [1.807, 2.05) is 115 Å². The van der Waals surface area contributed by atoms with Crippen LogP contribution in [0.25, 0.3) is 22.2 Å². The SMILES string of the molecule is CN1/C(=C2/Oc3cc(OF)ccc3N2C)Oc2ccccc21.Cn1c(=O)oc2cc(OF)ccc21.Cn1c(=O)oc2ccccc21.FCN=Nc1ccccc1.FCNNc1ccccc1. The number of hydrazine groups is 1. The van der Waals surface area contributed by atoms with Crippen LogP contribution < -0.4 is 51.5 Å². The van der Waals surface area contributed by atoms with Crippen LogP contribution in [0.4, 0.5) is 40.6 Å². The molecule has 66 heavy (non-hydrogen) atoms. The van der Waals surface area contributed by atoms with Gasteiger partial charge in [-0.25, -0.2) is 23.8 Å². The van der Waals surface area contributed by atoms with Crippen molar-refractivity contribution in [1.29, 1.82) is 0 Å². The number of halogens is 4. The molecule has 6 aromatic carbocycles. The number of para-hydroxylation sites is 5. The molecule has 0 fully saturated rings. The number of anilines is 3. The molecule has 0 amide bonds. The second kappa shape index (κ2) is 22.7. The summed E-state index contributed by atoms with van der Waals surface area (Å²) in [4.78, 5) is 33.0. The summed E-state index contributed by atoms with van der Waals surface area (Å²) in [5, 5.41) is 6.78. The highest BCUT2D eigenvalue weighted by molar-refractivity contribution is 5.75. The van der Waals surface area contributed by atoms with Crippen LogP contribution in [0.2, 0.25) is 0 Å². The van der Waals surface area contributed by atoms with Gasteiger partial charge < -0.3 is 33.5 Å². The van der Waals surface area contributed by atoms with Crippen molar-refractivity contribution in [3.8, 4) is 23.0 Å². The highest BCUT2D eigenvalue weighted by atomic mass is 19.3. The molecule has 2 aliphatic heterocycles. The van der Waals surface area contributed by atoms with E-state index in [0.29, 0.717) is 39.9 Å². The van der Waals surface area contributed by atoms with Gasteiger partial charge in [-0.05, 0) is 72.8 Å². The highest BCUT2D eigenvalue weighted by Crippen LogP contribution is 2.45. The number of hydrogen-bond donors (Lipinski definition) is 2. The molecule has 16 nitrogen and oxygen atoms in total. The maximum atomic E-state index is 12.3. The number of rotatable bonds is 7. The van der Waals surface area contributed by atoms with E-state index in [9.17, 15) is 27.4 Å². The number of fused-ring (bicyclic) bond motifs is 4. The third-order valence-corrected chi connectivity index (χ3v) is 9.43. The van der Waals surface area contributed by atoms with Crippen molar-refractivity contribution in [3.63, 3.8) is 0 Å². The van der Waals surface area contributed by atoms with E-state index in [1.54, 1.807) is 50.5 Å². The fraction of sp³-hybridized carbons (Fsp3) is 0.130. The van der Waals surface area contributed by atoms with E-state index in [4.69, 9.17) is 18.3 Å². The Balaban J connectivity index is 0.000000143. The first-order valence-corrected chi connectivity index (χ1v) is 19.7. The van der Waals surface area contributed by atoms with E-state index < -0.39 is 19.4 Å². The van der Waals surface area contributed by atoms with Crippen LogP contribution in [-0.4, -0.2) is 36.8 Å². The molecule has 0 saturated heterocycles. The smallest absolute Gasteiger partial charge is 0.419 e. The maximum absolute atomic E-state index is 12.3. The minimum Gasteiger partial charge on any atom is -0.434 e. The summed E-state index contributed by atoms with van der Waals surface area (Å²) in [5.41, 5.74) is 10.7. The van der Waals surface area contributed by atoms with Gasteiger partial charge in [0.05, 0.1) is 28.1 Å². The summed E-state index contributed by atoms with van der Waals surface area (Å²) < 4.78 is 71.2. The average molecular weight is 911 g/mol. The molecule has 4 heterocycles. The van der Waals surface area contributed by atoms with Gasteiger partial charge in [-0.3, -0.25) is 19.0 Å². The number of ether oxygens (including phenoxy) is 2. The Bertz CT molecular complexity index is 3020. The summed E-state index contributed by atoms with van der Waals surface area (Å²) >= 11 is 0. The highest BCUT2D eigenvalue weighted by Gasteiger charge is 2.34. The van der Waals surface area contributed by atoms with Gasteiger partial charge in [0.25, 0.3) is 11.8 Å². The maximum Gasteiger partial charge on any atom is 0.419 e. The molecule has 0 aliphatic carbocycles. The fourth-order valence-corrected chi connectivity index (χ4v) is 6.16. The van der Waals surface area contributed by atoms with Gasteiger partial charge in [-0.2, -0.15) is 10.2 Å². The molecule has 2 aliphatic rings. The summed E-state index contributed by atoms with van der Waals surface area (Å²) in [6, 6.07) is 42.5. The molecule has 2 N–H and O–H groups in total. The van der Waals surface area contributed by atoms with Crippen molar-refractivity contribution in [2.75, 3.05) is 42.9 Å². The Labute approximate surface area is 373 Å². The van der Waals surface area contributed by atoms with Gasteiger partial charge in [0.15, 0.2) is 47.8 Å². The van der Waals surface area contributed by atoms with Crippen molar-refractivity contribution < 1.29 is 46.0 Å². The van der Waals surface area contributed by atoms with Gasteiger partial charge in [0.1, 0.15) is 0 Å². The fourth-order valence-electron chi connectivity index (χ4n) is 6.16. The Morgan fingerprint density at radius 1 is 0.576 bits per heavy atom. The Hall–Kier alpha value is -8.52. The molecule has 0 unspecified atom stereocenters. The number of hydrogen-bond acceptors (Lipinski definition) is 14. The summed E-state index contributed by atoms with van der Waals surface area (Å²) in [5.74, 6) is 1.75. The molecule has 342 valence electrons. The van der Waals surface area contributed by atoms with Crippen LogP contribution in [0, 0.1) is 0 Å². The number of aryl methyl sites for hydroxylation is 2. The molecule has 20 heteroatoms.